The summed E-state index contributed by atoms with van der Waals surface area (Å²) in [6.07, 6.45) is 0. The predicted octanol–water partition coefficient (Wildman–Crippen LogP) is 3.52. The zero-order valence-corrected chi connectivity index (χ0v) is 20.1. The summed E-state index contributed by atoms with van der Waals surface area (Å²) < 4.78 is 4.80. The normalized spacial score (nSPS) is 12.8. The van der Waals surface area contributed by atoms with Crippen LogP contribution in [-0.4, -0.2) is 57.3 Å². The number of carbonyl (C=O) groups is 1. The molecule has 0 atom stereocenters. The first-order valence-electron chi connectivity index (χ1n) is 10.2. The lowest BCUT2D eigenvalue weighted by molar-refractivity contribution is -0.132. The molecular weight excluding hydrogens is 440 g/mol. The molecule has 2 aromatic carbocycles. The van der Waals surface area contributed by atoms with Crippen LogP contribution in [0, 0.1) is 0 Å². The number of hydrogen-bond donors (Lipinski definition) is 0. The number of nitrogens with zero attached hydrogens (tertiary/aromatic N) is 4. The Labute approximate surface area is 198 Å². The molecule has 10 nitrogen and oxygen atoms in total. The van der Waals surface area contributed by atoms with Gasteiger partial charge in [0.25, 0.3) is 0 Å². The second-order valence-electron chi connectivity index (χ2n) is 6.78. The third-order valence-electron chi connectivity index (χ3n) is 4.58. The highest BCUT2D eigenvalue weighted by Gasteiger charge is 2.19. The predicted molar refractivity (Wildman–Crippen MR) is 129 cm³/mol. The zero-order valence-electron chi connectivity index (χ0n) is 20.1. The summed E-state index contributed by atoms with van der Waals surface area (Å²) in [6, 6.07) is 14.6. The van der Waals surface area contributed by atoms with Crippen molar-refractivity contribution in [1.29, 1.82) is 0 Å². The molecule has 0 unspecified atom stereocenters. The van der Waals surface area contributed by atoms with Crippen molar-refractivity contribution in [3.63, 3.8) is 0 Å². The van der Waals surface area contributed by atoms with Crippen LogP contribution in [0.15, 0.2) is 69.2 Å². The van der Waals surface area contributed by atoms with Crippen molar-refractivity contribution < 1.29 is 28.9 Å². The fourth-order valence-corrected chi connectivity index (χ4v) is 2.98. The third kappa shape index (κ3) is 6.89. The van der Waals surface area contributed by atoms with Crippen LogP contribution in [0.4, 0.5) is 0 Å². The Morgan fingerprint density at radius 1 is 0.735 bits per heavy atom. The Bertz CT molecular complexity index is 1090. The molecule has 0 radical (unpaired) electrons. The summed E-state index contributed by atoms with van der Waals surface area (Å²) in [5.41, 5.74) is 4.63. The molecule has 180 valence electrons. The van der Waals surface area contributed by atoms with Crippen LogP contribution in [0.5, 0.6) is 0 Å². The summed E-state index contributed by atoms with van der Waals surface area (Å²) >= 11 is 0. The molecule has 0 aromatic heterocycles. The first-order valence-corrected chi connectivity index (χ1v) is 10.2. The minimum absolute atomic E-state index is 0.0268. The van der Waals surface area contributed by atoms with Gasteiger partial charge in [0.05, 0.1) is 12.8 Å². The lowest BCUT2D eigenvalue weighted by Crippen LogP contribution is -2.19. The molecule has 0 fully saturated rings. The largest absolute Gasteiger partial charge is 0.464 e. The molecule has 10 heteroatoms. The number of hydrogen-bond acceptors (Lipinski definition) is 10. The molecule has 34 heavy (non-hydrogen) atoms. The molecule has 0 saturated heterocycles. The van der Waals surface area contributed by atoms with Gasteiger partial charge < -0.3 is 24.1 Å². The van der Waals surface area contributed by atoms with E-state index >= 15 is 0 Å². The van der Waals surface area contributed by atoms with E-state index in [0.717, 1.165) is 16.8 Å². The molecule has 2 aromatic rings. The van der Waals surface area contributed by atoms with Crippen LogP contribution < -0.4 is 0 Å². The number of oxime groups is 4. The van der Waals surface area contributed by atoms with Crippen molar-refractivity contribution in [2.75, 3.05) is 28.4 Å². The summed E-state index contributed by atoms with van der Waals surface area (Å²) in [7, 11) is 5.58. The van der Waals surface area contributed by atoms with Crippen molar-refractivity contribution in [3.8, 4) is 0 Å². The highest BCUT2D eigenvalue weighted by molar-refractivity contribution is 6.47. The van der Waals surface area contributed by atoms with Gasteiger partial charge in [-0.1, -0.05) is 69.2 Å². The fraction of sp³-hybridized carbons (Fsp3) is 0.292. The minimum Gasteiger partial charge on any atom is -0.464 e. The second-order valence-corrected chi connectivity index (χ2v) is 6.78. The average Bonchev–Trinajstić information content (AvgIpc) is 2.86. The SMILES string of the molecule is CO/N=C(\C)c1ccc(C(=N\OC)/C(C)=N/OCc2ccccc2/C(=N\OC)C(=O)OC)cc1. The topological polar surface area (TPSA) is 113 Å². The Hall–Kier alpha value is -4.21. The van der Waals surface area contributed by atoms with E-state index in [2.05, 4.69) is 20.6 Å². The first-order chi connectivity index (χ1) is 16.5. The molecule has 0 bridgehead atoms. The minimum atomic E-state index is -0.627. The van der Waals surface area contributed by atoms with Gasteiger partial charge >= 0.3 is 5.97 Å². The van der Waals surface area contributed by atoms with Crippen molar-refractivity contribution in [3.05, 3.63) is 70.8 Å². The van der Waals surface area contributed by atoms with Gasteiger partial charge in [0, 0.05) is 16.7 Å². The maximum absolute atomic E-state index is 12.1. The van der Waals surface area contributed by atoms with E-state index in [-0.39, 0.29) is 12.3 Å². The maximum Gasteiger partial charge on any atom is 0.360 e. The van der Waals surface area contributed by atoms with E-state index in [4.69, 9.17) is 24.1 Å². The zero-order chi connectivity index (χ0) is 24.9. The molecule has 0 aliphatic rings. The van der Waals surface area contributed by atoms with Crippen molar-refractivity contribution in [2.45, 2.75) is 20.5 Å². The van der Waals surface area contributed by atoms with Crippen LogP contribution in [0.25, 0.3) is 0 Å². The van der Waals surface area contributed by atoms with E-state index < -0.39 is 5.97 Å². The molecular formula is C24H28N4O6. The van der Waals surface area contributed by atoms with Gasteiger partial charge in [-0.2, -0.15) is 0 Å². The van der Waals surface area contributed by atoms with Gasteiger partial charge in [-0.3, -0.25) is 0 Å². The highest BCUT2D eigenvalue weighted by atomic mass is 16.6. The van der Waals surface area contributed by atoms with Crippen molar-refractivity contribution >= 4 is 28.8 Å². The van der Waals surface area contributed by atoms with Crippen LogP contribution in [0.1, 0.15) is 36.1 Å². The van der Waals surface area contributed by atoms with Gasteiger partial charge in [0.15, 0.2) is 5.71 Å². The lowest BCUT2D eigenvalue weighted by atomic mass is 10.0. The summed E-state index contributed by atoms with van der Waals surface area (Å²) in [5.74, 6) is -0.627. The number of rotatable bonds is 11. The summed E-state index contributed by atoms with van der Waals surface area (Å²) in [4.78, 5) is 32.3. The Morgan fingerprint density at radius 2 is 1.32 bits per heavy atom. The van der Waals surface area contributed by atoms with Gasteiger partial charge in [0.2, 0.25) is 0 Å². The van der Waals surface area contributed by atoms with Gasteiger partial charge in [-0.05, 0) is 19.4 Å². The van der Waals surface area contributed by atoms with Gasteiger partial charge in [-0.15, -0.1) is 0 Å². The standard InChI is InChI=1S/C24H28N4O6/c1-16(25-31-4)18-11-13-19(14-12-18)22(27-32-5)17(2)26-34-15-20-9-7-8-10-21(20)23(28-33-6)24(29)30-3/h7-14H,15H2,1-6H3/b25-16+,26-17+,27-22-,28-23+. The van der Waals surface area contributed by atoms with Gasteiger partial charge in [0.1, 0.15) is 39.4 Å². The molecule has 0 aliphatic heterocycles. The maximum atomic E-state index is 12.1. The number of ether oxygens (including phenoxy) is 1. The van der Waals surface area contributed by atoms with Crippen molar-refractivity contribution in [2.24, 2.45) is 20.6 Å². The lowest BCUT2D eigenvalue weighted by Gasteiger charge is -2.10. The van der Waals surface area contributed by atoms with E-state index in [1.54, 1.807) is 25.1 Å². The van der Waals surface area contributed by atoms with E-state index in [9.17, 15) is 4.79 Å². The van der Waals surface area contributed by atoms with Crippen molar-refractivity contribution in [1.82, 2.24) is 0 Å². The number of carbonyl (C=O) groups excluding carboxylic acids is 1. The number of methoxy groups -OCH3 is 1. The molecule has 0 heterocycles. The van der Waals surface area contributed by atoms with E-state index in [1.165, 1.54) is 28.4 Å². The van der Waals surface area contributed by atoms with Crippen LogP contribution in [0.3, 0.4) is 0 Å². The van der Waals surface area contributed by atoms with Crippen LogP contribution >= 0.6 is 0 Å². The second kappa shape index (κ2) is 13.4. The Kier molecular flexibility index (Phi) is 10.2. The molecule has 0 spiro atoms. The quantitative estimate of drug-likeness (QED) is 0.283. The highest BCUT2D eigenvalue weighted by Crippen LogP contribution is 2.14. The molecule has 0 amide bonds. The van der Waals surface area contributed by atoms with Crippen LogP contribution in [-0.2, 0) is 35.5 Å². The Morgan fingerprint density at radius 3 is 1.94 bits per heavy atom. The molecule has 2 rings (SSSR count). The van der Waals surface area contributed by atoms with Gasteiger partial charge in [-0.25, -0.2) is 4.79 Å². The molecule has 0 aliphatic carbocycles. The monoisotopic (exact) mass is 468 g/mol. The Balaban J connectivity index is 2.24. The third-order valence-corrected chi connectivity index (χ3v) is 4.58. The molecule has 0 saturated carbocycles. The summed E-state index contributed by atoms with van der Waals surface area (Å²) in [6.45, 7) is 3.67. The molecule has 0 N–H and O–H groups in total. The van der Waals surface area contributed by atoms with E-state index in [0.29, 0.717) is 22.6 Å². The number of esters is 1. The van der Waals surface area contributed by atoms with Crippen LogP contribution in [0.2, 0.25) is 0 Å². The number of benzene rings is 2. The summed E-state index contributed by atoms with van der Waals surface area (Å²) in [5, 5.41) is 16.0. The fourth-order valence-electron chi connectivity index (χ4n) is 2.98. The average molecular weight is 469 g/mol. The smallest absolute Gasteiger partial charge is 0.360 e. The van der Waals surface area contributed by atoms with E-state index in [1.807, 2.05) is 37.3 Å². The first kappa shape index (κ1) is 26.0.